The molecule has 432 valence electrons. The summed E-state index contributed by atoms with van der Waals surface area (Å²) in [6, 6.07) is 106. The van der Waals surface area contributed by atoms with Crippen molar-refractivity contribution in [2.45, 2.75) is 0 Å². The van der Waals surface area contributed by atoms with Gasteiger partial charge >= 0.3 is 0 Å². The standard InChI is InChI=1S/C81H49B2N5O4Si/c1-3-22-53(23-4-1)93(54-24-5-2-6-25-54,55-26-19-21-52(45-55)79-84-80(87-65-33-13-7-27-57(65)58-28-8-14-34-66(58)87)86-81(85-79)88-67-35-15-9-29-59(67)60-30-10-16-36-68(60)88)56-48-75-78-76(49-56)92-72-44-42-51(47-64(72)83(78)62-32-12-18-38-70(62)91-75)50-41-43-71-63(46-50)82-61-31-11-17-37-69(61)89-73-39-20-40-74(90-71)77(73)82/h1-49H. The molecule has 0 saturated carbocycles. The fourth-order valence-corrected chi connectivity index (χ4v) is 20.4. The molecule has 4 aliphatic heterocycles. The predicted molar refractivity (Wildman–Crippen MR) is 378 cm³/mol. The van der Waals surface area contributed by atoms with Gasteiger partial charge in [-0.1, -0.05) is 224 Å². The summed E-state index contributed by atoms with van der Waals surface area (Å²) in [6.45, 7) is -0.249. The molecule has 0 unspecified atom stereocenters. The molecule has 0 radical (unpaired) electrons. The zero-order chi connectivity index (χ0) is 60.9. The van der Waals surface area contributed by atoms with E-state index < -0.39 is 8.07 Å². The van der Waals surface area contributed by atoms with Gasteiger partial charge in [-0.15, -0.1) is 0 Å². The third-order valence-electron chi connectivity index (χ3n) is 19.6. The van der Waals surface area contributed by atoms with Gasteiger partial charge < -0.3 is 18.9 Å². The third kappa shape index (κ3) is 7.67. The Labute approximate surface area is 536 Å². The van der Waals surface area contributed by atoms with Crippen LogP contribution in [0.5, 0.6) is 46.0 Å². The fourth-order valence-electron chi connectivity index (χ4n) is 15.6. The Bertz CT molecular complexity index is 5530. The lowest BCUT2D eigenvalue weighted by Crippen LogP contribution is -2.75. The molecule has 0 saturated heterocycles. The molecule has 3 aromatic heterocycles. The molecule has 0 atom stereocenters. The van der Waals surface area contributed by atoms with Gasteiger partial charge in [0.2, 0.25) is 11.9 Å². The van der Waals surface area contributed by atoms with Crippen molar-refractivity contribution >= 4 is 119 Å². The summed E-state index contributed by atoms with van der Waals surface area (Å²) in [7, 11) is -3.41. The maximum atomic E-state index is 7.39. The molecular weight excluding hydrogens is 1160 g/mol. The average Bonchev–Trinajstić information content (AvgIpc) is 1.53. The minimum atomic E-state index is -3.41. The summed E-state index contributed by atoms with van der Waals surface area (Å²) in [5.74, 6) is 8.10. The summed E-state index contributed by atoms with van der Waals surface area (Å²) in [6.07, 6.45) is 0. The van der Waals surface area contributed by atoms with Crippen LogP contribution >= 0.6 is 0 Å². The minimum Gasteiger partial charge on any atom is -0.458 e. The molecular formula is C81H49B2N5O4Si. The molecule has 93 heavy (non-hydrogen) atoms. The van der Waals surface area contributed by atoms with Crippen molar-refractivity contribution in [1.29, 1.82) is 0 Å². The van der Waals surface area contributed by atoms with Crippen LogP contribution in [-0.2, 0) is 0 Å². The van der Waals surface area contributed by atoms with Gasteiger partial charge in [-0.2, -0.15) is 15.0 Å². The summed E-state index contributed by atoms with van der Waals surface area (Å²) in [5, 5.41) is 9.11. The number of hydrogen-bond acceptors (Lipinski definition) is 7. The second kappa shape index (κ2) is 20.0. The highest BCUT2D eigenvalue weighted by atomic mass is 28.3. The van der Waals surface area contributed by atoms with Crippen molar-refractivity contribution in [1.82, 2.24) is 24.1 Å². The van der Waals surface area contributed by atoms with E-state index >= 15 is 0 Å². The summed E-state index contributed by atoms with van der Waals surface area (Å²) in [5.41, 5.74) is 13.5. The van der Waals surface area contributed by atoms with Crippen molar-refractivity contribution in [3.63, 3.8) is 0 Å². The third-order valence-corrected chi connectivity index (χ3v) is 24.3. The zero-order valence-corrected chi connectivity index (χ0v) is 50.8. The van der Waals surface area contributed by atoms with E-state index in [1.807, 2.05) is 24.3 Å². The van der Waals surface area contributed by atoms with Gasteiger partial charge in [0.15, 0.2) is 13.9 Å². The van der Waals surface area contributed by atoms with Crippen molar-refractivity contribution in [2.75, 3.05) is 0 Å². The van der Waals surface area contributed by atoms with Crippen molar-refractivity contribution in [3.8, 4) is 80.4 Å². The number of para-hydroxylation sites is 6. The first-order valence-corrected chi connectivity index (χ1v) is 33.5. The first-order valence-electron chi connectivity index (χ1n) is 31.5. The Hall–Kier alpha value is -12.0. The van der Waals surface area contributed by atoms with Crippen molar-refractivity contribution in [2.24, 2.45) is 0 Å². The van der Waals surface area contributed by atoms with Gasteiger partial charge in [0.25, 0.3) is 13.4 Å². The van der Waals surface area contributed by atoms with Crippen LogP contribution in [0.4, 0.5) is 0 Å². The van der Waals surface area contributed by atoms with Gasteiger partial charge in [-0.25, -0.2) is 0 Å². The fraction of sp³-hybridized carbons (Fsp3) is 0. The largest absolute Gasteiger partial charge is 0.458 e. The second-order valence-electron chi connectivity index (χ2n) is 24.5. The zero-order valence-electron chi connectivity index (χ0n) is 49.8. The maximum Gasteiger partial charge on any atom is 0.260 e. The van der Waals surface area contributed by atoms with Crippen LogP contribution < -0.4 is 72.5 Å². The molecule has 0 amide bonds. The van der Waals surface area contributed by atoms with E-state index in [1.54, 1.807) is 0 Å². The molecule has 20 rings (SSSR count). The number of benzene rings is 13. The molecule has 4 aliphatic rings. The van der Waals surface area contributed by atoms with E-state index in [-0.39, 0.29) is 13.4 Å². The number of nitrogens with zero attached hydrogens (tertiary/aromatic N) is 5. The molecule has 12 heteroatoms. The van der Waals surface area contributed by atoms with Gasteiger partial charge in [0.05, 0.1) is 22.1 Å². The molecule has 0 aliphatic carbocycles. The Morgan fingerprint density at radius 1 is 0.258 bits per heavy atom. The number of fused-ring (bicyclic) bond motifs is 14. The Morgan fingerprint density at radius 2 is 0.634 bits per heavy atom. The second-order valence-corrected chi connectivity index (χ2v) is 28.3. The molecule has 13 aromatic carbocycles. The first-order chi connectivity index (χ1) is 46.1. The topological polar surface area (TPSA) is 85.5 Å². The van der Waals surface area contributed by atoms with E-state index in [2.05, 4.69) is 282 Å². The van der Waals surface area contributed by atoms with E-state index in [0.717, 1.165) is 149 Å². The number of aromatic nitrogens is 5. The Morgan fingerprint density at radius 3 is 1.12 bits per heavy atom. The lowest BCUT2D eigenvalue weighted by Gasteiger charge is -2.38. The molecule has 0 spiro atoms. The highest BCUT2D eigenvalue weighted by Gasteiger charge is 2.47. The van der Waals surface area contributed by atoms with Crippen LogP contribution in [-0.4, -0.2) is 45.6 Å². The smallest absolute Gasteiger partial charge is 0.260 e. The molecule has 9 nitrogen and oxygen atoms in total. The van der Waals surface area contributed by atoms with Crippen LogP contribution in [0, 0.1) is 0 Å². The molecule has 0 fully saturated rings. The quantitative estimate of drug-likeness (QED) is 0.111. The van der Waals surface area contributed by atoms with E-state index in [1.165, 1.54) is 10.4 Å². The lowest BCUT2D eigenvalue weighted by atomic mass is 9.34. The minimum absolute atomic E-state index is 0.0546. The molecule has 7 heterocycles. The highest BCUT2D eigenvalue weighted by molar-refractivity contribution is 7.20. The predicted octanol–water partition coefficient (Wildman–Crippen LogP) is 12.2. The van der Waals surface area contributed by atoms with Crippen LogP contribution in [0.15, 0.2) is 297 Å². The summed E-state index contributed by atoms with van der Waals surface area (Å²) in [4.78, 5) is 16.6. The summed E-state index contributed by atoms with van der Waals surface area (Å²) >= 11 is 0. The van der Waals surface area contributed by atoms with E-state index in [9.17, 15) is 0 Å². The Balaban J connectivity index is 0.771. The van der Waals surface area contributed by atoms with Gasteiger partial charge in [-0.05, 0) is 127 Å². The van der Waals surface area contributed by atoms with E-state index in [4.69, 9.17) is 33.9 Å². The SMILES string of the molecule is c1ccc([Si](c2ccccc2)(c2cccc(-c3nc(-n4c5ccccc5c5ccccc54)nc(-n4c5ccccc5c5ccccc54)n3)c2)c2cc3c4c(c2)Oc2ccc(-c5ccc6c(c5)B5c7ccccc7Oc7cccc(c75)O6)cc2B4c2ccccc2O3)cc1. The highest BCUT2D eigenvalue weighted by Crippen LogP contribution is 2.40. The lowest BCUT2D eigenvalue weighted by molar-refractivity contribution is 0.464. The molecule has 0 bridgehead atoms. The Kier molecular flexibility index (Phi) is 11.2. The number of ether oxygens (including phenoxy) is 4. The number of hydrogen-bond donors (Lipinski definition) is 0. The first kappa shape index (κ1) is 51.9. The van der Waals surface area contributed by atoms with Crippen LogP contribution in [0.1, 0.15) is 0 Å². The maximum absolute atomic E-state index is 7.39. The monoisotopic (exact) mass is 1210 g/mol. The van der Waals surface area contributed by atoms with Crippen molar-refractivity contribution in [3.05, 3.63) is 297 Å². The van der Waals surface area contributed by atoms with Gasteiger partial charge in [0, 0.05) is 38.0 Å². The van der Waals surface area contributed by atoms with Crippen LogP contribution in [0.2, 0.25) is 0 Å². The number of rotatable bonds is 8. The van der Waals surface area contributed by atoms with Gasteiger partial charge in [-0.3, -0.25) is 9.13 Å². The van der Waals surface area contributed by atoms with Crippen LogP contribution in [0.25, 0.3) is 78.0 Å². The average molecular weight is 1210 g/mol. The van der Waals surface area contributed by atoms with E-state index in [0.29, 0.717) is 17.7 Å². The normalized spacial score (nSPS) is 13.0. The van der Waals surface area contributed by atoms with Gasteiger partial charge in [0.1, 0.15) is 46.0 Å². The molecule has 0 N–H and O–H groups in total. The van der Waals surface area contributed by atoms with Crippen molar-refractivity contribution < 1.29 is 18.9 Å². The van der Waals surface area contributed by atoms with Crippen LogP contribution in [0.3, 0.4) is 0 Å². The summed E-state index contributed by atoms with van der Waals surface area (Å²) < 4.78 is 32.2. The molecule has 16 aromatic rings.